The number of carbonyl (C=O) groups is 1. The Balaban J connectivity index is 1.94. The molecule has 0 aromatic heterocycles. The first kappa shape index (κ1) is 19.0. The summed E-state index contributed by atoms with van der Waals surface area (Å²) < 4.78 is 5.73. The van der Waals surface area contributed by atoms with Crippen LogP contribution >= 0.6 is 0 Å². The van der Waals surface area contributed by atoms with E-state index in [0.717, 1.165) is 23.4 Å². The molecule has 1 atom stereocenters. The van der Waals surface area contributed by atoms with Crippen molar-refractivity contribution < 1.29 is 9.53 Å². The van der Waals surface area contributed by atoms with Crippen molar-refractivity contribution in [3.63, 3.8) is 0 Å². The second kappa shape index (κ2) is 8.70. The van der Waals surface area contributed by atoms with Crippen molar-refractivity contribution in [2.24, 2.45) is 0 Å². The number of carbonyl (C=O) groups excluding carboxylic acids is 1. The molecule has 1 amide bonds. The summed E-state index contributed by atoms with van der Waals surface area (Å²) in [6, 6.07) is 14.2. The Morgan fingerprint density at radius 2 is 1.68 bits per heavy atom. The lowest BCUT2D eigenvalue weighted by molar-refractivity contribution is -0.118. The topological polar surface area (TPSA) is 38.3 Å². The molecular weight excluding hydrogens is 310 g/mol. The van der Waals surface area contributed by atoms with Crippen LogP contribution in [0.3, 0.4) is 0 Å². The highest BCUT2D eigenvalue weighted by Crippen LogP contribution is 2.24. The summed E-state index contributed by atoms with van der Waals surface area (Å²) in [4.78, 5) is 12.2. The minimum Gasteiger partial charge on any atom is -0.483 e. The maximum absolute atomic E-state index is 12.2. The first-order valence-corrected chi connectivity index (χ1v) is 9.03. The van der Waals surface area contributed by atoms with Gasteiger partial charge >= 0.3 is 0 Å². The molecule has 0 aliphatic carbocycles. The van der Waals surface area contributed by atoms with Crippen molar-refractivity contribution in [2.75, 3.05) is 11.9 Å². The molecule has 3 nitrogen and oxygen atoms in total. The number of anilines is 1. The number of amides is 1. The Morgan fingerprint density at radius 3 is 2.28 bits per heavy atom. The van der Waals surface area contributed by atoms with E-state index < -0.39 is 0 Å². The summed E-state index contributed by atoms with van der Waals surface area (Å²) in [5.74, 6) is 1.59. The van der Waals surface area contributed by atoms with Gasteiger partial charge in [-0.15, -0.1) is 0 Å². The third kappa shape index (κ3) is 5.35. The van der Waals surface area contributed by atoms with Gasteiger partial charge in [0, 0.05) is 5.69 Å². The van der Waals surface area contributed by atoms with Gasteiger partial charge in [0.1, 0.15) is 5.75 Å². The van der Waals surface area contributed by atoms with Crippen LogP contribution in [0.2, 0.25) is 0 Å². The van der Waals surface area contributed by atoms with Gasteiger partial charge in [0.15, 0.2) is 6.61 Å². The maximum atomic E-state index is 12.2. The molecule has 25 heavy (non-hydrogen) atoms. The van der Waals surface area contributed by atoms with Crippen LogP contribution in [0.4, 0.5) is 5.69 Å². The summed E-state index contributed by atoms with van der Waals surface area (Å²) in [7, 11) is 0. The minimum absolute atomic E-state index is 0.00943. The predicted molar refractivity (Wildman–Crippen MR) is 105 cm³/mol. The van der Waals surface area contributed by atoms with Gasteiger partial charge in [-0.2, -0.15) is 0 Å². The molecule has 0 spiro atoms. The Labute approximate surface area is 151 Å². The molecule has 2 aromatic rings. The van der Waals surface area contributed by atoms with Gasteiger partial charge in [0.25, 0.3) is 5.91 Å². The lowest BCUT2D eigenvalue weighted by Gasteiger charge is -2.13. The molecule has 2 aromatic carbocycles. The smallest absolute Gasteiger partial charge is 0.262 e. The molecule has 0 unspecified atom stereocenters. The van der Waals surface area contributed by atoms with E-state index in [9.17, 15) is 4.79 Å². The van der Waals surface area contributed by atoms with Gasteiger partial charge < -0.3 is 10.1 Å². The first-order chi connectivity index (χ1) is 11.9. The van der Waals surface area contributed by atoms with Crippen molar-refractivity contribution in [2.45, 2.75) is 52.9 Å². The van der Waals surface area contributed by atoms with E-state index in [2.05, 4.69) is 51.2 Å². The molecule has 0 aliphatic heterocycles. The SMILES string of the molecule is CC[C@H](C)c1ccc(NC(=O)COc2cc(C(C)C)ccc2C)cc1. The van der Waals surface area contributed by atoms with E-state index in [0.29, 0.717) is 11.8 Å². The van der Waals surface area contributed by atoms with Crippen LogP contribution in [0.5, 0.6) is 5.75 Å². The molecule has 0 aliphatic rings. The van der Waals surface area contributed by atoms with Crippen LogP contribution in [0.15, 0.2) is 42.5 Å². The fraction of sp³-hybridized carbons (Fsp3) is 0.409. The summed E-state index contributed by atoms with van der Waals surface area (Å²) in [6.45, 7) is 10.7. The highest BCUT2D eigenvalue weighted by molar-refractivity contribution is 5.91. The quantitative estimate of drug-likeness (QED) is 0.708. The summed E-state index contributed by atoms with van der Waals surface area (Å²) in [5, 5.41) is 2.89. The average molecular weight is 339 g/mol. The van der Waals surface area contributed by atoms with Crippen molar-refractivity contribution in [3.05, 3.63) is 59.2 Å². The van der Waals surface area contributed by atoms with Crippen molar-refractivity contribution >= 4 is 11.6 Å². The fourth-order valence-corrected chi connectivity index (χ4v) is 2.60. The Morgan fingerprint density at radius 1 is 1.04 bits per heavy atom. The van der Waals surface area contributed by atoms with Crippen molar-refractivity contribution in [1.82, 2.24) is 0 Å². The molecule has 0 fully saturated rings. The van der Waals surface area contributed by atoms with Gasteiger partial charge in [-0.25, -0.2) is 0 Å². The molecule has 0 radical (unpaired) electrons. The number of ether oxygens (including phenoxy) is 1. The zero-order chi connectivity index (χ0) is 18.4. The molecule has 0 saturated carbocycles. The molecule has 3 heteroatoms. The van der Waals surface area contributed by atoms with E-state index in [1.54, 1.807) is 0 Å². The van der Waals surface area contributed by atoms with Crippen molar-refractivity contribution in [1.29, 1.82) is 0 Å². The van der Waals surface area contributed by atoms with Crippen LogP contribution in [0.1, 0.15) is 62.6 Å². The van der Waals surface area contributed by atoms with E-state index in [1.807, 2.05) is 31.2 Å². The largest absolute Gasteiger partial charge is 0.483 e. The van der Waals surface area contributed by atoms with Crippen LogP contribution in [0, 0.1) is 6.92 Å². The van der Waals surface area contributed by atoms with Crippen LogP contribution < -0.4 is 10.1 Å². The van der Waals surface area contributed by atoms with Gasteiger partial charge in [-0.1, -0.05) is 52.0 Å². The highest BCUT2D eigenvalue weighted by atomic mass is 16.5. The normalized spacial score (nSPS) is 12.1. The van der Waals surface area contributed by atoms with Gasteiger partial charge in [-0.3, -0.25) is 4.79 Å². The monoisotopic (exact) mass is 339 g/mol. The molecule has 0 saturated heterocycles. The van der Waals surface area contributed by atoms with Crippen LogP contribution in [-0.2, 0) is 4.79 Å². The summed E-state index contributed by atoms with van der Waals surface area (Å²) in [6.07, 6.45) is 1.11. The maximum Gasteiger partial charge on any atom is 0.262 e. The standard InChI is InChI=1S/C22H29NO2/c1-6-16(4)18-9-11-20(12-10-18)23-22(24)14-25-21-13-19(15(2)3)8-7-17(21)5/h7-13,15-16H,6,14H2,1-5H3,(H,23,24)/t16-/m0/s1. The average Bonchev–Trinajstić information content (AvgIpc) is 2.60. The third-order valence-electron chi connectivity index (χ3n) is 4.61. The van der Waals surface area contributed by atoms with E-state index in [4.69, 9.17) is 4.74 Å². The number of nitrogens with one attached hydrogen (secondary N) is 1. The molecular formula is C22H29NO2. The molecule has 2 rings (SSSR count). The van der Waals surface area contributed by atoms with Gasteiger partial charge in [-0.05, 0) is 60.1 Å². The third-order valence-corrected chi connectivity index (χ3v) is 4.61. The van der Waals surface area contributed by atoms with Gasteiger partial charge in [0.2, 0.25) is 0 Å². The Hall–Kier alpha value is -2.29. The second-order valence-corrected chi connectivity index (χ2v) is 6.95. The predicted octanol–water partition coefficient (Wildman–Crippen LogP) is 5.65. The zero-order valence-corrected chi connectivity index (χ0v) is 15.9. The van der Waals surface area contributed by atoms with E-state index >= 15 is 0 Å². The molecule has 134 valence electrons. The highest BCUT2D eigenvalue weighted by Gasteiger charge is 2.09. The number of hydrogen-bond acceptors (Lipinski definition) is 2. The van der Waals surface area contributed by atoms with Crippen molar-refractivity contribution in [3.8, 4) is 5.75 Å². The zero-order valence-electron chi connectivity index (χ0n) is 15.9. The summed E-state index contributed by atoms with van der Waals surface area (Å²) in [5.41, 5.74) is 4.34. The number of benzene rings is 2. The number of aryl methyl sites for hydroxylation is 1. The number of hydrogen-bond donors (Lipinski definition) is 1. The van der Waals surface area contributed by atoms with E-state index in [-0.39, 0.29) is 12.5 Å². The molecule has 0 bridgehead atoms. The lowest BCUT2D eigenvalue weighted by Crippen LogP contribution is -2.20. The minimum atomic E-state index is -0.148. The lowest BCUT2D eigenvalue weighted by atomic mass is 9.99. The Kier molecular flexibility index (Phi) is 6.63. The van der Waals surface area contributed by atoms with E-state index in [1.165, 1.54) is 11.1 Å². The van der Waals surface area contributed by atoms with Crippen LogP contribution in [-0.4, -0.2) is 12.5 Å². The van der Waals surface area contributed by atoms with Gasteiger partial charge in [0.05, 0.1) is 0 Å². The Bertz CT molecular complexity index is 704. The fourth-order valence-electron chi connectivity index (χ4n) is 2.60. The molecule has 0 heterocycles. The second-order valence-electron chi connectivity index (χ2n) is 6.95. The van der Waals surface area contributed by atoms with Crippen LogP contribution in [0.25, 0.3) is 0 Å². The number of rotatable bonds is 7. The first-order valence-electron chi connectivity index (χ1n) is 9.03. The molecule has 1 N–H and O–H groups in total. The summed E-state index contributed by atoms with van der Waals surface area (Å²) >= 11 is 0.